The van der Waals surface area contributed by atoms with Gasteiger partial charge in [0.1, 0.15) is 17.6 Å². The van der Waals surface area contributed by atoms with Crippen molar-refractivity contribution in [3.63, 3.8) is 0 Å². The van der Waals surface area contributed by atoms with E-state index in [2.05, 4.69) is 15.1 Å². The lowest BCUT2D eigenvalue weighted by Gasteiger charge is -2.33. The fourth-order valence-electron chi connectivity index (χ4n) is 5.42. The summed E-state index contributed by atoms with van der Waals surface area (Å²) < 4.78 is 14.6. The van der Waals surface area contributed by atoms with Crippen LogP contribution in [-0.2, 0) is 22.7 Å². The Balaban J connectivity index is 1.30. The van der Waals surface area contributed by atoms with Gasteiger partial charge in [-0.1, -0.05) is 12.1 Å². The zero-order valence-electron chi connectivity index (χ0n) is 19.1. The number of hydrogen-bond donors (Lipinski definition) is 2. The van der Waals surface area contributed by atoms with Gasteiger partial charge in [0.25, 0.3) is 5.91 Å². The summed E-state index contributed by atoms with van der Waals surface area (Å²) in [7, 11) is 0. The zero-order chi connectivity index (χ0) is 24.7. The average Bonchev–Trinajstić information content (AvgIpc) is 3.16. The number of amides is 3. The normalized spacial score (nSPS) is 21.1. The number of aromatic hydroxyl groups is 1. The summed E-state index contributed by atoms with van der Waals surface area (Å²) in [5, 5.41) is 12.5. The maximum atomic E-state index is 14.6. The van der Waals surface area contributed by atoms with E-state index in [0.717, 1.165) is 42.6 Å². The Labute approximate surface area is 202 Å². The van der Waals surface area contributed by atoms with Crippen LogP contribution in [0.25, 0.3) is 4.85 Å². The SMILES string of the molecule is [C-]#[N+]c1ccc(CN2CCC(c3cc(F)cc4c3CN(C3CCC(=O)NC3=O)C4=O)CC2)c(O)c1. The van der Waals surface area contributed by atoms with E-state index in [0.29, 0.717) is 17.8 Å². The highest BCUT2D eigenvalue weighted by molar-refractivity contribution is 6.05. The third-order valence-electron chi connectivity index (χ3n) is 7.27. The predicted octanol–water partition coefficient (Wildman–Crippen LogP) is 3.22. The molecule has 3 aliphatic heterocycles. The minimum absolute atomic E-state index is 0.0725. The van der Waals surface area contributed by atoms with Gasteiger partial charge in [-0.05, 0) is 67.6 Å². The molecule has 0 bridgehead atoms. The first-order chi connectivity index (χ1) is 16.8. The van der Waals surface area contributed by atoms with Gasteiger partial charge in [0.15, 0.2) is 5.69 Å². The number of phenols is 1. The Morgan fingerprint density at radius 3 is 2.57 bits per heavy atom. The Morgan fingerprint density at radius 1 is 1.11 bits per heavy atom. The fourth-order valence-corrected chi connectivity index (χ4v) is 5.42. The van der Waals surface area contributed by atoms with Gasteiger partial charge in [0.05, 0.1) is 6.57 Å². The standard InChI is InChI=1S/C26H25FN4O4/c1-28-18-3-2-16(23(32)12-18)13-30-8-6-15(7-9-30)19-10-17(27)11-20-21(19)14-31(26(20)35)22-4-5-24(33)29-25(22)34/h2-3,10-12,15,22,32H,4-9,13-14H2,(H,29,33,34). The minimum Gasteiger partial charge on any atom is -0.509 e. The number of carbonyl (C=O) groups is 3. The van der Waals surface area contributed by atoms with E-state index in [9.17, 15) is 23.9 Å². The van der Waals surface area contributed by atoms with Crippen molar-refractivity contribution in [2.45, 2.75) is 50.7 Å². The Bertz CT molecular complexity index is 1260. The van der Waals surface area contributed by atoms with E-state index in [-0.39, 0.29) is 42.9 Å². The van der Waals surface area contributed by atoms with Crippen molar-refractivity contribution >= 4 is 23.4 Å². The lowest BCUT2D eigenvalue weighted by atomic mass is 9.85. The molecule has 5 rings (SSSR count). The van der Waals surface area contributed by atoms with Crippen molar-refractivity contribution in [3.05, 3.63) is 69.8 Å². The number of rotatable bonds is 4. The predicted molar refractivity (Wildman–Crippen MR) is 124 cm³/mol. The molecule has 9 heteroatoms. The summed E-state index contributed by atoms with van der Waals surface area (Å²) in [6.45, 7) is 9.33. The smallest absolute Gasteiger partial charge is 0.255 e. The van der Waals surface area contributed by atoms with Crippen molar-refractivity contribution in [3.8, 4) is 5.75 Å². The molecule has 3 heterocycles. The molecule has 0 saturated carbocycles. The molecule has 2 N–H and O–H groups in total. The van der Waals surface area contributed by atoms with Crippen molar-refractivity contribution in [2.24, 2.45) is 0 Å². The van der Waals surface area contributed by atoms with Crippen LogP contribution in [0, 0.1) is 12.4 Å². The molecule has 0 radical (unpaired) electrons. The monoisotopic (exact) mass is 476 g/mol. The van der Waals surface area contributed by atoms with Gasteiger partial charge in [-0.3, -0.25) is 24.6 Å². The van der Waals surface area contributed by atoms with Gasteiger partial charge in [0.2, 0.25) is 11.8 Å². The fraction of sp³-hybridized carbons (Fsp3) is 0.385. The molecule has 2 aromatic carbocycles. The van der Waals surface area contributed by atoms with Crippen LogP contribution in [0.15, 0.2) is 30.3 Å². The van der Waals surface area contributed by atoms with Gasteiger partial charge in [-0.2, -0.15) is 0 Å². The minimum atomic E-state index is -0.729. The van der Waals surface area contributed by atoms with E-state index in [1.54, 1.807) is 12.1 Å². The molecule has 0 aliphatic carbocycles. The van der Waals surface area contributed by atoms with Crippen molar-refractivity contribution in [2.75, 3.05) is 13.1 Å². The Kier molecular flexibility index (Phi) is 5.99. The van der Waals surface area contributed by atoms with Gasteiger partial charge in [-0.25, -0.2) is 9.24 Å². The Morgan fingerprint density at radius 2 is 1.89 bits per heavy atom. The number of benzene rings is 2. The molecule has 8 nitrogen and oxygen atoms in total. The highest BCUT2D eigenvalue weighted by Crippen LogP contribution is 2.38. The van der Waals surface area contributed by atoms with Crippen molar-refractivity contribution < 1.29 is 23.9 Å². The van der Waals surface area contributed by atoms with Gasteiger partial charge >= 0.3 is 0 Å². The number of imide groups is 1. The van der Waals surface area contributed by atoms with Crippen LogP contribution >= 0.6 is 0 Å². The van der Waals surface area contributed by atoms with E-state index in [4.69, 9.17) is 6.57 Å². The second-order valence-corrected chi connectivity index (χ2v) is 9.40. The van der Waals surface area contributed by atoms with E-state index in [1.165, 1.54) is 23.1 Å². The number of hydrogen-bond acceptors (Lipinski definition) is 5. The van der Waals surface area contributed by atoms with Crippen LogP contribution < -0.4 is 5.32 Å². The number of phenolic OH excluding ortho intramolecular Hbond substituents is 1. The molecule has 180 valence electrons. The van der Waals surface area contributed by atoms with Gasteiger partial charge in [-0.15, -0.1) is 0 Å². The van der Waals surface area contributed by atoms with Crippen LogP contribution in [-0.4, -0.2) is 51.8 Å². The van der Waals surface area contributed by atoms with Crippen LogP contribution in [0.2, 0.25) is 0 Å². The molecule has 3 amide bonds. The maximum absolute atomic E-state index is 14.6. The third kappa shape index (κ3) is 4.37. The highest BCUT2D eigenvalue weighted by atomic mass is 19.1. The second-order valence-electron chi connectivity index (χ2n) is 9.40. The summed E-state index contributed by atoms with van der Waals surface area (Å²) in [6.07, 6.45) is 1.98. The largest absolute Gasteiger partial charge is 0.509 e. The zero-order valence-corrected chi connectivity index (χ0v) is 19.1. The van der Waals surface area contributed by atoms with Gasteiger partial charge in [0, 0.05) is 30.6 Å². The molecule has 35 heavy (non-hydrogen) atoms. The summed E-state index contributed by atoms with van der Waals surface area (Å²) in [5.74, 6) is -1.48. The average molecular weight is 477 g/mol. The molecule has 2 aromatic rings. The van der Waals surface area contributed by atoms with Crippen molar-refractivity contribution in [1.82, 2.24) is 15.1 Å². The number of likely N-dealkylation sites (tertiary alicyclic amines) is 1. The van der Waals surface area contributed by atoms with Crippen LogP contribution in [0.4, 0.5) is 10.1 Å². The van der Waals surface area contributed by atoms with Crippen LogP contribution in [0.1, 0.15) is 58.6 Å². The molecule has 1 atom stereocenters. The summed E-state index contributed by atoms with van der Waals surface area (Å²) in [6, 6.07) is 6.95. The number of halogens is 1. The summed E-state index contributed by atoms with van der Waals surface area (Å²) in [5.41, 5.74) is 3.04. The lowest BCUT2D eigenvalue weighted by molar-refractivity contribution is -0.136. The van der Waals surface area contributed by atoms with Gasteiger partial charge < -0.3 is 10.0 Å². The molecule has 2 saturated heterocycles. The first kappa shape index (κ1) is 23.0. The number of carbonyl (C=O) groups excluding carboxylic acids is 3. The van der Waals surface area contributed by atoms with E-state index >= 15 is 0 Å². The first-order valence-electron chi connectivity index (χ1n) is 11.7. The molecule has 0 spiro atoms. The maximum Gasteiger partial charge on any atom is 0.255 e. The molecule has 1 unspecified atom stereocenters. The quantitative estimate of drug-likeness (QED) is 0.522. The molecular formula is C26H25FN4O4. The highest BCUT2D eigenvalue weighted by Gasteiger charge is 2.41. The van der Waals surface area contributed by atoms with Crippen LogP contribution in [0.3, 0.4) is 0 Å². The topological polar surface area (TPSA) is 94.3 Å². The number of nitrogens with zero attached hydrogens (tertiary/aromatic N) is 3. The molecule has 0 aromatic heterocycles. The lowest BCUT2D eigenvalue weighted by Crippen LogP contribution is -2.52. The van der Waals surface area contributed by atoms with E-state index < -0.39 is 17.8 Å². The number of fused-ring (bicyclic) bond motifs is 1. The Hall–Kier alpha value is -3.77. The van der Waals surface area contributed by atoms with Crippen LogP contribution in [0.5, 0.6) is 5.75 Å². The first-order valence-corrected chi connectivity index (χ1v) is 11.7. The second kappa shape index (κ2) is 9.12. The summed E-state index contributed by atoms with van der Waals surface area (Å²) in [4.78, 5) is 43.9. The van der Waals surface area contributed by atoms with Crippen molar-refractivity contribution in [1.29, 1.82) is 0 Å². The molecular weight excluding hydrogens is 451 g/mol. The number of piperidine rings is 2. The third-order valence-corrected chi connectivity index (χ3v) is 7.27. The molecule has 3 aliphatic rings. The summed E-state index contributed by atoms with van der Waals surface area (Å²) >= 11 is 0. The molecule has 2 fully saturated rings. The number of nitrogens with one attached hydrogen (secondary N) is 1. The van der Waals surface area contributed by atoms with E-state index in [1.807, 2.05) is 0 Å².